The molecule has 0 aliphatic carbocycles. The molecule has 1 aliphatic rings. The molecule has 0 spiro atoms. The molecule has 0 bridgehead atoms. The summed E-state index contributed by atoms with van der Waals surface area (Å²) >= 11 is 4.61. The molecule has 1 heterocycles. The SMILES string of the molecule is CC1=NC(=S)N=C1. The maximum Gasteiger partial charge on any atom is 0.219 e. The minimum absolute atomic E-state index is 0.442. The van der Waals surface area contributed by atoms with Gasteiger partial charge in [0, 0.05) is 0 Å². The van der Waals surface area contributed by atoms with E-state index >= 15 is 0 Å². The van der Waals surface area contributed by atoms with Gasteiger partial charge in [-0.05, 0) is 19.1 Å². The number of hydrogen-bond acceptors (Lipinski definition) is 1. The van der Waals surface area contributed by atoms with E-state index in [4.69, 9.17) is 0 Å². The lowest BCUT2D eigenvalue weighted by Gasteiger charge is -1.71. The van der Waals surface area contributed by atoms with Crippen molar-refractivity contribution in [1.29, 1.82) is 0 Å². The molecular weight excluding hydrogens is 108 g/mol. The maximum absolute atomic E-state index is 4.61. The topological polar surface area (TPSA) is 24.7 Å². The summed E-state index contributed by atoms with van der Waals surface area (Å²) in [5, 5.41) is 0.442. The van der Waals surface area contributed by atoms with Gasteiger partial charge in [-0.15, -0.1) is 0 Å². The first-order chi connectivity index (χ1) is 3.29. The van der Waals surface area contributed by atoms with Crippen molar-refractivity contribution in [2.45, 2.75) is 6.92 Å². The standard InChI is InChI=1S/C4H4N2S/c1-3-2-5-4(7)6-3/h2H,1H3. The van der Waals surface area contributed by atoms with Crippen molar-refractivity contribution < 1.29 is 0 Å². The molecule has 36 valence electrons. The molecule has 0 amide bonds. The molecule has 0 saturated carbocycles. The summed E-state index contributed by atoms with van der Waals surface area (Å²) in [5.74, 6) is 0. The minimum atomic E-state index is 0.442. The lowest BCUT2D eigenvalue weighted by atomic mass is 10.5. The second-order valence-electron chi connectivity index (χ2n) is 1.29. The Morgan fingerprint density at radius 1 is 1.71 bits per heavy atom. The van der Waals surface area contributed by atoms with Crippen LogP contribution in [0.1, 0.15) is 6.92 Å². The normalized spacial score (nSPS) is 17.9. The van der Waals surface area contributed by atoms with Gasteiger partial charge < -0.3 is 0 Å². The highest BCUT2D eigenvalue weighted by Crippen LogP contribution is 1.90. The van der Waals surface area contributed by atoms with Crippen LogP contribution >= 0.6 is 12.2 Å². The van der Waals surface area contributed by atoms with Crippen molar-refractivity contribution in [1.82, 2.24) is 0 Å². The van der Waals surface area contributed by atoms with E-state index in [0.29, 0.717) is 5.11 Å². The predicted molar refractivity (Wildman–Crippen MR) is 34.2 cm³/mol. The fraction of sp³-hybridized carbons (Fsp3) is 0.250. The van der Waals surface area contributed by atoms with Crippen LogP contribution in [0.4, 0.5) is 0 Å². The molecule has 1 aliphatic heterocycles. The molecule has 3 heteroatoms. The zero-order valence-corrected chi connectivity index (χ0v) is 4.70. The van der Waals surface area contributed by atoms with Gasteiger partial charge in [-0.25, -0.2) is 9.98 Å². The van der Waals surface area contributed by atoms with Crippen LogP contribution in [0.15, 0.2) is 9.98 Å². The number of hydrogen-bond donors (Lipinski definition) is 0. The van der Waals surface area contributed by atoms with Crippen LogP contribution in [0.5, 0.6) is 0 Å². The lowest BCUT2D eigenvalue weighted by Crippen LogP contribution is -1.83. The Balaban J connectivity index is 2.88. The van der Waals surface area contributed by atoms with Crippen molar-refractivity contribution in [3.63, 3.8) is 0 Å². The molecule has 0 radical (unpaired) electrons. The van der Waals surface area contributed by atoms with Crippen LogP contribution < -0.4 is 0 Å². The third-order valence-electron chi connectivity index (χ3n) is 0.634. The number of aliphatic imine (C=N–C) groups is 2. The second kappa shape index (κ2) is 1.50. The van der Waals surface area contributed by atoms with Gasteiger partial charge >= 0.3 is 0 Å². The highest BCUT2D eigenvalue weighted by Gasteiger charge is 1.95. The van der Waals surface area contributed by atoms with Crippen molar-refractivity contribution in [3.8, 4) is 0 Å². The average molecular weight is 112 g/mol. The highest BCUT2D eigenvalue weighted by molar-refractivity contribution is 7.80. The molecule has 0 fully saturated rings. The lowest BCUT2D eigenvalue weighted by molar-refractivity contribution is 1.67. The Labute approximate surface area is 47.0 Å². The Morgan fingerprint density at radius 3 is 2.57 bits per heavy atom. The first kappa shape index (κ1) is 4.59. The Hall–Kier alpha value is -0.570. The van der Waals surface area contributed by atoms with Crippen LogP contribution in [0.25, 0.3) is 0 Å². The van der Waals surface area contributed by atoms with E-state index in [1.165, 1.54) is 0 Å². The zero-order valence-electron chi connectivity index (χ0n) is 3.88. The molecule has 0 saturated heterocycles. The van der Waals surface area contributed by atoms with Gasteiger partial charge in [0.25, 0.3) is 0 Å². The van der Waals surface area contributed by atoms with Gasteiger partial charge in [-0.1, -0.05) is 0 Å². The number of nitrogens with zero attached hydrogens (tertiary/aromatic N) is 2. The fourth-order valence-electron chi connectivity index (χ4n) is 0.357. The number of thiocarbonyl (C=S) groups is 1. The maximum atomic E-state index is 4.61. The van der Waals surface area contributed by atoms with Gasteiger partial charge in [0.2, 0.25) is 5.11 Å². The molecule has 2 nitrogen and oxygen atoms in total. The van der Waals surface area contributed by atoms with Gasteiger partial charge in [-0.2, -0.15) is 0 Å². The average Bonchev–Trinajstić information content (AvgIpc) is 1.87. The summed E-state index contributed by atoms with van der Waals surface area (Å²) in [5.41, 5.74) is 0.894. The molecule has 0 aromatic carbocycles. The van der Waals surface area contributed by atoms with Crippen LogP contribution in [-0.2, 0) is 0 Å². The van der Waals surface area contributed by atoms with E-state index in [2.05, 4.69) is 22.2 Å². The first-order valence-electron chi connectivity index (χ1n) is 1.92. The third-order valence-corrected chi connectivity index (χ3v) is 0.831. The van der Waals surface area contributed by atoms with Crippen molar-refractivity contribution in [2.75, 3.05) is 0 Å². The van der Waals surface area contributed by atoms with Crippen LogP contribution in [0, 0.1) is 0 Å². The monoisotopic (exact) mass is 112 g/mol. The molecule has 0 N–H and O–H groups in total. The summed E-state index contributed by atoms with van der Waals surface area (Å²) < 4.78 is 0. The molecule has 0 aromatic heterocycles. The third kappa shape index (κ3) is 0.899. The molecule has 7 heavy (non-hydrogen) atoms. The van der Waals surface area contributed by atoms with E-state index in [1.54, 1.807) is 6.21 Å². The minimum Gasteiger partial charge on any atom is -0.225 e. The summed E-state index contributed by atoms with van der Waals surface area (Å²) in [6.45, 7) is 1.86. The van der Waals surface area contributed by atoms with E-state index in [9.17, 15) is 0 Å². The summed E-state index contributed by atoms with van der Waals surface area (Å²) in [7, 11) is 0. The number of rotatable bonds is 0. The molecule has 0 aromatic rings. The Kier molecular flexibility index (Phi) is 0.982. The fourth-order valence-corrected chi connectivity index (χ4v) is 0.554. The second-order valence-corrected chi connectivity index (χ2v) is 1.66. The summed E-state index contributed by atoms with van der Waals surface area (Å²) in [4.78, 5) is 7.53. The van der Waals surface area contributed by atoms with E-state index < -0.39 is 0 Å². The van der Waals surface area contributed by atoms with E-state index in [0.717, 1.165) is 5.71 Å². The van der Waals surface area contributed by atoms with Crippen LogP contribution in [0.3, 0.4) is 0 Å². The largest absolute Gasteiger partial charge is 0.225 e. The zero-order chi connectivity index (χ0) is 5.28. The van der Waals surface area contributed by atoms with Crippen molar-refractivity contribution in [3.05, 3.63) is 0 Å². The van der Waals surface area contributed by atoms with Gasteiger partial charge in [0.1, 0.15) is 0 Å². The summed E-state index contributed by atoms with van der Waals surface area (Å²) in [6, 6.07) is 0. The Morgan fingerprint density at radius 2 is 2.43 bits per heavy atom. The van der Waals surface area contributed by atoms with Gasteiger partial charge in [0.15, 0.2) is 0 Å². The van der Waals surface area contributed by atoms with Crippen LogP contribution in [0.2, 0.25) is 0 Å². The van der Waals surface area contributed by atoms with Crippen LogP contribution in [-0.4, -0.2) is 17.0 Å². The highest BCUT2D eigenvalue weighted by atomic mass is 32.1. The smallest absolute Gasteiger partial charge is 0.219 e. The van der Waals surface area contributed by atoms with Gasteiger partial charge in [0.05, 0.1) is 11.9 Å². The Bertz CT molecular complexity index is 157. The van der Waals surface area contributed by atoms with Gasteiger partial charge in [-0.3, -0.25) is 0 Å². The molecule has 1 rings (SSSR count). The van der Waals surface area contributed by atoms with Crippen molar-refractivity contribution in [2.24, 2.45) is 9.98 Å². The predicted octanol–water partition coefficient (Wildman–Crippen LogP) is 0.817. The van der Waals surface area contributed by atoms with Crippen molar-refractivity contribution >= 4 is 29.3 Å². The first-order valence-corrected chi connectivity index (χ1v) is 2.33. The summed E-state index contributed by atoms with van der Waals surface area (Å²) in [6.07, 6.45) is 1.66. The molecular formula is C4H4N2S. The molecule has 0 atom stereocenters. The molecule has 0 unspecified atom stereocenters. The van der Waals surface area contributed by atoms with E-state index in [-0.39, 0.29) is 0 Å². The van der Waals surface area contributed by atoms with E-state index in [1.807, 2.05) is 6.92 Å². The quantitative estimate of drug-likeness (QED) is 0.426.